The van der Waals surface area contributed by atoms with Gasteiger partial charge < -0.3 is 25.4 Å². The topological polar surface area (TPSA) is 163 Å². The Hall–Kier alpha value is -4.40. The van der Waals surface area contributed by atoms with Crippen LogP contribution in [0.4, 0.5) is 5.95 Å². The minimum absolute atomic E-state index is 0.129. The molecule has 4 aromatic rings. The zero-order chi connectivity index (χ0) is 32.3. The summed E-state index contributed by atoms with van der Waals surface area (Å²) in [6.07, 6.45) is 4.19. The number of anilines is 1. The third-order valence-corrected chi connectivity index (χ3v) is 8.62. The number of H-pyrrole nitrogens is 1. The van der Waals surface area contributed by atoms with Crippen molar-refractivity contribution < 1.29 is 23.9 Å². The molecule has 0 radical (unpaired) electrons. The number of amides is 2. The summed E-state index contributed by atoms with van der Waals surface area (Å²) >= 11 is 1.29. The lowest BCUT2D eigenvalue weighted by Crippen LogP contribution is -2.49. The van der Waals surface area contributed by atoms with Crippen LogP contribution in [0.1, 0.15) is 49.8 Å². The van der Waals surface area contributed by atoms with Crippen molar-refractivity contribution in [3.8, 4) is 0 Å². The van der Waals surface area contributed by atoms with Crippen LogP contribution in [0, 0.1) is 13.8 Å². The van der Waals surface area contributed by atoms with Gasteiger partial charge in [0.15, 0.2) is 0 Å². The minimum atomic E-state index is -1.10. The highest BCUT2D eigenvalue weighted by molar-refractivity contribution is 7.12. The Bertz CT molecular complexity index is 1600. The van der Waals surface area contributed by atoms with Gasteiger partial charge in [0.25, 0.3) is 11.8 Å². The Balaban J connectivity index is 1.17. The van der Waals surface area contributed by atoms with Crippen LogP contribution in [0.5, 0.6) is 0 Å². The SMILES string of the molecule is Cc1nc(NCCCc2cccc3[nH]ncc23)nc(C)c1C(=O)N[C@@H](CNC(=O)c1cccs1)C(=O)OCCCN1CCOCC1. The first-order valence-electron chi connectivity index (χ1n) is 15.5. The lowest BCUT2D eigenvalue weighted by molar-refractivity contribution is -0.146. The highest BCUT2D eigenvalue weighted by Crippen LogP contribution is 2.18. The molecular weight excluding hydrogens is 608 g/mol. The van der Waals surface area contributed by atoms with E-state index in [1.807, 2.05) is 18.3 Å². The number of hydrogen-bond donors (Lipinski definition) is 4. The minimum Gasteiger partial charge on any atom is -0.464 e. The smallest absolute Gasteiger partial charge is 0.330 e. The zero-order valence-electron chi connectivity index (χ0n) is 26.1. The van der Waals surface area contributed by atoms with Crippen LogP contribution >= 0.6 is 11.3 Å². The molecule has 5 rings (SSSR count). The van der Waals surface area contributed by atoms with Gasteiger partial charge in [-0.05, 0) is 56.2 Å². The van der Waals surface area contributed by atoms with E-state index in [0.29, 0.717) is 48.4 Å². The highest BCUT2D eigenvalue weighted by Gasteiger charge is 2.26. The third kappa shape index (κ3) is 8.86. The number of nitrogens with zero attached hydrogens (tertiary/aromatic N) is 4. The molecule has 4 N–H and O–H groups in total. The Labute approximate surface area is 271 Å². The second-order valence-electron chi connectivity index (χ2n) is 11.1. The van der Waals surface area contributed by atoms with Crippen molar-refractivity contribution in [1.82, 2.24) is 35.7 Å². The Kier molecular flexibility index (Phi) is 11.6. The summed E-state index contributed by atoms with van der Waals surface area (Å²) in [6, 6.07) is 8.47. The number of thiophene rings is 1. The van der Waals surface area contributed by atoms with Gasteiger partial charge in [0, 0.05) is 38.1 Å². The number of esters is 1. The fourth-order valence-corrected chi connectivity index (χ4v) is 5.99. The number of aryl methyl sites for hydroxylation is 3. The van der Waals surface area contributed by atoms with Gasteiger partial charge in [0.2, 0.25) is 5.95 Å². The Morgan fingerprint density at radius 1 is 1.07 bits per heavy atom. The van der Waals surface area contributed by atoms with Crippen LogP contribution in [0.25, 0.3) is 10.9 Å². The summed E-state index contributed by atoms with van der Waals surface area (Å²) in [7, 11) is 0. The fraction of sp³-hybridized carbons (Fsp3) is 0.438. The second-order valence-corrected chi connectivity index (χ2v) is 12.0. The van der Waals surface area contributed by atoms with E-state index in [1.165, 1.54) is 16.9 Å². The van der Waals surface area contributed by atoms with E-state index in [2.05, 4.69) is 47.1 Å². The highest BCUT2D eigenvalue weighted by atomic mass is 32.1. The Morgan fingerprint density at radius 2 is 1.87 bits per heavy atom. The zero-order valence-corrected chi connectivity index (χ0v) is 27.0. The van der Waals surface area contributed by atoms with Crippen molar-refractivity contribution in [3.05, 3.63) is 69.3 Å². The van der Waals surface area contributed by atoms with Gasteiger partial charge in [-0.2, -0.15) is 5.10 Å². The number of benzene rings is 1. The number of morpholine rings is 1. The molecule has 0 spiro atoms. The van der Waals surface area contributed by atoms with E-state index in [-0.39, 0.29) is 24.6 Å². The van der Waals surface area contributed by atoms with Crippen molar-refractivity contribution in [1.29, 1.82) is 0 Å². The molecule has 46 heavy (non-hydrogen) atoms. The summed E-state index contributed by atoms with van der Waals surface area (Å²) in [5.74, 6) is -1.05. The van der Waals surface area contributed by atoms with Crippen LogP contribution in [-0.4, -0.2) is 101 Å². The molecule has 1 saturated heterocycles. The van der Waals surface area contributed by atoms with E-state index in [9.17, 15) is 14.4 Å². The standard InChI is InChI=1S/C32H40N8O5S/c1-21-28(22(2)37-32(36-21)33-11-4-8-23-7-3-9-25-24(23)19-35-39-25)30(42)38-26(20-34-29(41)27-10-5-18-46-27)31(43)45-15-6-12-40-13-16-44-17-14-40/h3,5,7,9-10,18-19,26H,4,6,8,11-17,20H2,1-2H3,(H,34,41)(H,35,39)(H,38,42)(H,33,36,37)/t26-/m0/s1. The largest absolute Gasteiger partial charge is 0.464 e. The maximum Gasteiger partial charge on any atom is 0.330 e. The molecule has 1 aromatic carbocycles. The van der Waals surface area contributed by atoms with Gasteiger partial charge in [-0.15, -0.1) is 11.3 Å². The number of rotatable bonds is 15. The van der Waals surface area contributed by atoms with Crippen molar-refractivity contribution in [3.63, 3.8) is 0 Å². The van der Waals surface area contributed by atoms with E-state index in [0.717, 1.165) is 43.4 Å². The maximum absolute atomic E-state index is 13.5. The van der Waals surface area contributed by atoms with Crippen LogP contribution < -0.4 is 16.0 Å². The average Bonchev–Trinajstić information content (AvgIpc) is 3.77. The number of carbonyl (C=O) groups excluding carboxylic acids is 3. The van der Waals surface area contributed by atoms with E-state index < -0.39 is 17.9 Å². The second kappa shape index (κ2) is 16.2. The number of nitrogens with one attached hydrogen (secondary N) is 4. The molecule has 14 heteroatoms. The van der Waals surface area contributed by atoms with Gasteiger partial charge in [-0.25, -0.2) is 14.8 Å². The van der Waals surface area contributed by atoms with E-state index >= 15 is 0 Å². The average molecular weight is 649 g/mol. The first-order valence-corrected chi connectivity index (χ1v) is 16.4. The van der Waals surface area contributed by atoms with Gasteiger partial charge in [-0.1, -0.05) is 18.2 Å². The summed E-state index contributed by atoms with van der Waals surface area (Å²) < 4.78 is 10.9. The third-order valence-electron chi connectivity index (χ3n) is 7.75. The fourth-order valence-electron chi connectivity index (χ4n) is 5.35. The number of aromatic nitrogens is 4. The molecule has 13 nitrogen and oxygen atoms in total. The lowest BCUT2D eigenvalue weighted by atomic mass is 10.1. The van der Waals surface area contributed by atoms with Crippen LogP contribution in [0.15, 0.2) is 41.9 Å². The molecule has 1 fully saturated rings. The maximum atomic E-state index is 13.5. The lowest BCUT2D eigenvalue weighted by Gasteiger charge is -2.26. The number of ether oxygens (including phenoxy) is 2. The molecule has 0 saturated carbocycles. The molecule has 0 unspecified atom stereocenters. The van der Waals surface area contributed by atoms with Gasteiger partial charge in [0.1, 0.15) is 6.04 Å². The number of fused-ring (bicyclic) bond motifs is 1. The van der Waals surface area contributed by atoms with Crippen LogP contribution in [0.2, 0.25) is 0 Å². The predicted octanol–water partition coefficient (Wildman–Crippen LogP) is 2.87. The molecule has 0 aliphatic carbocycles. The van der Waals surface area contributed by atoms with Gasteiger partial charge in [0.05, 0.1) is 53.4 Å². The van der Waals surface area contributed by atoms with Gasteiger partial charge >= 0.3 is 5.97 Å². The summed E-state index contributed by atoms with van der Waals surface area (Å²) in [5, 5.41) is 18.8. The molecule has 1 aliphatic heterocycles. The molecule has 0 bridgehead atoms. The van der Waals surface area contributed by atoms with Crippen LogP contribution in [0.3, 0.4) is 0 Å². The quantitative estimate of drug-likeness (QED) is 0.111. The van der Waals surface area contributed by atoms with E-state index in [4.69, 9.17) is 9.47 Å². The van der Waals surface area contributed by atoms with Crippen LogP contribution in [-0.2, 0) is 20.7 Å². The molecule has 1 atom stereocenters. The first-order chi connectivity index (χ1) is 22.4. The molecule has 4 heterocycles. The Morgan fingerprint density at radius 3 is 2.63 bits per heavy atom. The summed E-state index contributed by atoms with van der Waals surface area (Å²) in [4.78, 5) is 51.0. The summed E-state index contributed by atoms with van der Waals surface area (Å²) in [5.41, 5.74) is 3.43. The number of carbonyl (C=O) groups is 3. The van der Waals surface area contributed by atoms with Crippen molar-refractivity contribution in [2.45, 2.75) is 39.2 Å². The molecule has 1 aliphatic rings. The number of hydrogen-bond acceptors (Lipinski definition) is 11. The first kappa shape index (κ1) is 33.0. The van der Waals surface area contributed by atoms with Crippen molar-refractivity contribution in [2.24, 2.45) is 0 Å². The van der Waals surface area contributed by atoms with Gasteiger partial charge in [-0.3, -0.25) is 19.6 Å². The van der Waals surface area contributed by atoms with Crippen molar-refractivity contribution >= 4 is 46.0 Å². The van der Waals surface area contributed by atoms with Crippen molar-refractivity contribution in [2.75, 3.05) is 57.9 Å². The molecule has 2 amide bonds. The molecular formula is C32H40N8O5S. The molecule has 244 valence electrons. The predicted molar refractivity (Wildman–Crippen MR) is 175 cm³/mol. The monoisotopic (exact) mass is 648 g/mol. The number of aromatic amines is 1. The van der Waals surface area contributed by atoms with E-state index in [1.54, 1.807) is 31.4 Å². The summed E-state index contributed by atoms with van der Waals surface area (Å²) in [6.45, 7) is 8.02. The molecule has 3 aromatic heterocycles. The normalized spacial score (nSPS) is 14.1.